The second kappa shape index (κ2) is 10.4. The van der Waals surface area contributed by atoms with Crippen molar-refractivity contribution in [1.82, 2.24) is 4.98 Å². The summed E-state index contributed by atoms with van der Waals surface area (Å²) in [5, 5.41) is 14.2. The number of hydrogen-bond acceptors (Lipinski definition) is 3. The second-order valence-electron chi connectivity index (χ2n) is 9.50. The summed E-state index contributed by atoms with van der Waals surface area (Å²) in [6.07, 6.45) is 1.70. The van der Waals surface area contributed by atoms with Crippen LogP contribution >= 0.6 is 0 Å². The van der Waals surface area contributed by atoms with Gasteiger partial charge in [0, 0.05) is 35.9 Å². The monoisotopic (exact) mass is 456 g/mol. The number of fused-ring (bicyclic) bond motifs is 1. The molecule has 167 valence electrons. The van der Waals surface area contributed by atoms with Crippen molar-refractivity contribution < 1.29 is 34.6 Å². The van der Waals surface area contributed by atoms with Gasteiger partial charge in [-0.1, -0.05) is 77.6 Å². The van der Waals surface area contributed by atoms with E-state index in [1.165, 1.54) is 0 Å². The molecule has 0 aliphatic heterocycles. The van der Waals surface area contributed by atoms with Crippen LogP contribution in [0.15, 0.2) is 47.5 Å². The third kappa shape index (κ3) is 6.41. The number of nitrogens with zero attached hydrogens (tertiary/aromatic N) is 2. The fraction of sp³-hybridized carbons (Fsp3) is 0.360. The summed E-state index contributed by atoms with van der Waals surface area (Å²) in [6.45, 7) is 14.7. The summed E-state index contributed by atoms with van der Waals surface area (Å²) < 4.78 is 0. The number of para-hydroxylation sites is 1. The molecule has 0 spiro atoms. The molecule has 2 aromatic carbocycles. The molecule has 3 aromatic rings. The number of aryl methyl sites for hydroxylation is 1. The van der Waals surface area contributed by atoms with Gasteiger partial charge in [0.2, 0.25) is 0 Å². The fourth-order valence-electron chi connectivity index (χ4n) is 3.21. The van der Waals surface area contributed by atoms with Gasteiger partial charge in [-0.25, -0.2) is 0 Å². The maximum Gasteiger partial charge on any atom is 0.0961 e. The largest absolute Gasteiger partial charge is 2.00 e. The molecule has 0 fully saturated rings. The first-order chi connectivity index (χ1) is 13.0. The van der Waals surface area contributed by atoms with Crippen LogP contribution in [0, 0.1) is 6.92 Å². The van der Waals surface area contributed by atoms with E-state index in [1.54, 1.807) is 6.21 Å². The summed E-state index contributed by atoms with van der Waals surface area (Å²) in [6, 6.07) is 14.0. The van der Waals surface area contributed by atoms with Crippen molar-refractivity contribution >= 4 is 22.8 Å². The van der Waals surface area contributed by atoms with E-state index in [0.717, 1.165) is 33.4 Å². The van der Waals surface area contributed by atoms with Gasteiger partial charge in [-0.2, -0.15) is 0 Å². The Balaban J connectivity index is 0.00000300. The van der Waals surface area contributed by atoms with Crippen molar-refractivity contribution in [3.8, 4) is 5.75 Å². The van der Waals surface area contributed by atoms with Gasteiger partial charge >= 0.3 is 0 Å². The van der Waals surface area contributed by atoms with Crippen LogP contribution < -0.4 is 5.11 Å². The first kappa shape index (κ1) is 28.8. The summed E-state index contributed by atoms with van der Waals surface area (Å²) in [5.74, 6) is 0.0497. The first-order valence-electron chi connectivity index (χ1n) is 9.73. The average Bonchev–Trinajstić information content (AvgIpc) is 2.58. The molecule has 0 saturated carbocycles. The molecular weight excluding hydrogens is 427 g/mol. The number of hydrogen-bond donors (Lipinski definition) is 0. The minimum Gasteiger partial charge on any atom is -2.00 e. The van der Waals surface area contributed by atoms with Gasteiger partial charge in [0.25, 0.3) is 0 Å². The SMILES string of the molecule is Cc1ccc2cccc(N=Cc3cc(C(C)(C)C)cc(C(C)(C)C)c3[O-])c2n1.[O-2].[O-2].[V]. The van der Waals surface area contributed by atoms with Crippen molar-refractivity contribution in [2.45, 2.75) is 59.3 Å². The van der Waals surface area contributed by atoms with Crippen molar-refractivity contribution in [2.24, 2.45) is 4.99 Å². The molecule has 0 aliphatic rings. The van der Waals surface area contributed by atoms with Crippen molar-refractivity contribution in [3.63, 3.8) is 0 Å². The first-order valence-corrected chi connectivity index (χ1v) is 9.73. The van der Waals surface area contributed by atoms with E-state index in [4.69, 9.17) is 0 Å². The maximum atomic E-state index is 13.1. The summed E-state index contributed by atoms with van der Waals surface area (Å²) >= 11 is 0. The summed E-state index contributed by atoms with van der Waals surface area (Å²) in [7, 11) is 0. The summed E-state index contributed by atoms with van der Waals surface area (Å²) in [5.41, 5.74) is 4.91. The van der Waals surface area contributed by atoms with Gasteiger partial charge in [-0.15, -0.1) is 0 Å². The number of rotatable bonds is 2. The van der Waals surface area contributed by atoms with Crippen LogP contribution in [0.5, 0.6) is 5.75 Å². The zero-order valence-corrected chi connectivity index (χ0v) is 20.6. The van der Waals surface area contributed by atoms with Crippen LogP contribution in [0.25, 0.3) is 10.9 Å². The van der Waals surface area contributed by atoms with E-state index in [9.17, 15) is 5.11 Å². The van der Waals surface area contributed by atoms with Gasteiger partial charge in [0.1, 0.15) is 0 Å². The number of pyridine rings is 1. The molecule has 31 heavy (non-hydrogen) atoms. The topological polar surface area (TPSA) is 105 Å². The van der Waals surface area contributed by atoms with Gasteiger partial charge in [-0.3, -0.25) is 9.98 Å². The van der Waals surface area contributed by atoms with Crippen molar-refractivity contribution in [1.29, 1.82) is 0 Å². The predicted molar refractivity (Wildman–Crippen MR) is 118 cm³/mol. The molecule has 0 N–H and O–H groups in total. The Morgan fingerprint density at radius 1 is 0.903 bits per heavy atom. The summed E-state index contributed by atoms with van der Waals surface area (Å²) in [4.78, 5) is 9.30. The van der Waals surface area contributed by atoms with Crippen molar-refractivity contribution in [2.75, 3.05) is 0 Å². The molecule has 1 aromatic heterocycles. The average molecular weight is 456 g/mol. The molecule has 6 heteroatoms. The van der Waals surface area contributed by atoms with Crippen LogP contribution in [0.3, 0.4) is 0 Å². The Morgan fingerprint density at radius 3 is 2.13 bits per heavy atom. The molecule has 1 radical (unpaired) electrons. The number of aliphatic imine (C=N–C) groups is 1. The predicted octanol–water partition coefficient (Wildman–Crippen LogP) is 5.72. The Labute approximate surface area is 197 Å². The Morgan fingerprint density at radius 2 is 1.55 bits per heavy atom. The van der Waals surface area contributed by atoms with Crippen LogP contribution in [0.1, 0.15) is 63.9 Å². The van der Waals surface area contributed by atoms with Crippen LogP contribution in [0.4, 0.5) is 5.69 Å². The fourth-order valence-corrected chi connectivity index (χ4v) is 3.21. The van der Waals surface area contributed by atoms with E-state index in [-0.39, 0.29) is 46.1 Å². The van der Waals surface area contributed by atoms with Gasteiger partial charge in [-0.05, 0) is 46.6 Å². The smallest absolute Gasteiger partial charge is 0.0961 e. The van der Waals surface area contributed by atoms with Crippen LogP contribution in [-0.2, 0) is 40.3 Å². The molecule has 0 aliphatic carbocycles. The molecule has 0 atom stereocenters. The van der Waals surface area contributed by atoms with E-state index in [2.05, 4.69) is 57.6 Å². The van der Waals surface area contributed by atoms with Gasteiger partial charge in [0.05, 0.1) is 11.2 Å². The van der Waals surface area contributed by atoms with E-state index in [1.807, 2.05) is 43.3 Å². The van der Waals surface area contributed by atoms with Crippen molar-refractivity contribution in [3.05, 3.63) is 64.8 Å². The molecular formula is C25H29N2O3V-5. The molecule has 3 rings (SSSR count). The molecule has 0 amide bonds. The quantitative estimate of drug-likeness (QED) is 0.460. The standard InChI is InChI=1S/C25H30N2O.2O.V/c1-16-11-12-17-9-8-10-21(22(17)27-16)26-15-18-13-19(24(2,3)4)14-20(23(18)28)25(5,6)7;;;/h8-15,28H,1-7H3;;;/q;2*-2;/p-1. The Kier molecular flexibility index (Phi) is 9.69. The molecule has 1 heterocycles. The zero-order chi connectivity index (χ0) is 20.7. The number of benzene rings is 2. The third-order valence-electron chi connectivity index (χ3n) is 4.97. The number of aromatic nitrogens is 1. The molecule has 0 saturated heterocycles. The molecule has 0 bridgehead atoms. The molecule has 0 unspecified atom stereocenters. The minimum absolute atomic E-state index is 0. The maximum absolute atomic E-state index is 13.1. The van der Waals surface area contributed by atoms with E-state index >= 15 is 0 Å². The van der Waals surface area contributed by atoms with Gasteiger partial charge < -0.3 is 16.1 Å². The minimum atomic E-state index is -0.223. The van der Waals surface area contributed by atoms with Crippen LogP contribution in [-0.4, -0.2) is 11.2 Å². The normalized spacial score (nSPS) is 11.6. The zero-order valence-electron chi connectivity index (χ0n) is 19.2. The Bertz CT molecular complexity index is 1060. The molecule has 5 nitrogen and oxygen atoms in total. The third-order valence-corrected chi connectivity index (χ3v) is 4.97. The Hall–Kier alpha value is -2.18. The van der Waals surface area contributed by atoms with E-state index in [0.29, 0.717) is 5.56 Å². The second-order valence-corrected chi connectivity index (χ2v) is 9.50. The van der Waals surface area contributed by atoms with Gasteiger partial charge in [0.15, 0.2) is 0 Å². The van der Waals surface area contributed by atoms with E-state index < -0.39 is 0 Å². The van der Waals surface area contributed by atoms with Crippen LogP contribution in [0.2, 0.25) is 0 Å².